The molecule has 0 saturated heterocycles. The molecule has 0 saturated carbocycles. The number of anilines is 1. The van der Waals surface area contributed by atoms with Crippen LogP contribution in [0, 0.1) is 6.92 Å². The van der Waals surface area contributed by atoms with Crippen LogP contribution in [0.5, 0.6) is 0 Å². The van der Waals surface area contributed by atoms with Gasteiger partial charge in [0, 0.05) is 23.8 Å². The van der Waals surface area contributed by atoms with E-state index in [1.807, 2.05) is 30.8 Å². The summed E-state index contributed by atoms with van der Waals surface area (Å²) in [7, 11) is 1.93. The number of hydrogen-bond donors (Lipinski definition) is 1. The fraction of sp³-hybridized carbons (Fsp3) is 0.222. The number of aryl methyl sites for hydroxylation is 2. The number of nitrogens with zero attached hydrogens (tertiary/aromatic N) is 2. The second-order valence-electron chi connectivity index (χ2n) is 3.07. The van der Waals surface area contributed by atoms with Crippen molar-refractivity contribution in [1.82, 2.24) is 9.78 Å². The molecule has 0 bridgehead atoms. The zero-order valence-corrected chi connectivity index (χ0v) is 9.09. The van der Waals surface area contributed by atoms with E-state index in [4.69, 9.17) is 5.73 Å². The monoisotopic (exact) mass is 239 g/mol. The van der Waals surface area contributed by atoms with Gasteiger partial charge in [0.05, 0.1) is 9.99 Å². The fourth-order valence-corrected chi connectivity index (χ4v) is 2.03. The molecule has 0 aliphatic heterocycles. The summed E-state index contributed by atoms with van der Waals surface area (Å²) in [6.45, 7) is 2.03. The van der Waals surface area contributed by atoms with Gasteiger partial charge in [-0.25, -0.2) is 0 Å². The molecule has 2 rings (SSSR count). The highest BCUT2D eigenvalue weighted by molar-refractivity contribution is 9.10. The van der Waals surface area contributed by atoms with Crippen LogP contribution >= 0.6 is 15.9 Å². The second-order valence-corrected chi connectivity index (χ2v) is 3.86. The van der Waals surface area contributed by atoms with Gasteiger partial charge in [0.15, 0.2) is 0 Å². The molecule has 0 fully saturated rings. The van der Waals surface area contributed by atoms with Crippen molar-refractivity contribution in [2.45, 2.75) is 6.92 Å². The minimum Gasteiger partial charge on any atom is -0.398 e. The summed E-state index contributed by atoms with van der Waals surface area (Å²) in [4.78, 5) is 0. The first-order valence-electron chi connectivity index (χ1n) is 3.98. The summed E-state index contributed by atoms with van der Waals surface area (Å²) in [6, 6.07) is 3.79. The lowest BCUT2D eigenvalue weighted by Crippen LogP contribution is -1.91. The first-order chi connectivity index (χ1) is 6.11. The van der Waals surface area contributed by atoms with Gasteiger partial charge < -0.3 is 5.73 Å². The highest BCUT2D eigenvalue weighted by Gasteiger charge is 2.09. The predicted octanol–water partition coefficient (Wildman–Crippen LogP) is 2.23. The number of halogens is 1. The van der Waals surface area contributed by atoms with Gasteiger partial charge in [0.1, 0.15) is 0 Å². The number of aromatic nitrogens is 2. The number of rotatable bonds is 0. The average molecular weight is 240 g/mol. The third-order valence-corrected chi connectivity index (χ3v) is 3.11. The van der Waals surface area contributed by atoms with Gasteiger partial charge in [-0.15, -0.1) is 0 Å². The number of fused-ring (bicyclic) bond motifs is 1. The molecule has 13 heavy (non-hydrogen) atoms. The normalized spacial score (nSPS) is 11.0. The lowest BCUT2D eigenvalue weighted by molar-refractivity contribution is 0.751. The van der Waals surface area contributed by atoms with Crippen molar-refractivity contribution in [2.75, 3.05) is 5.73 Å². The standard InChI is InChI=1S/C9H10BrN3/c1-5-8-7(12-13(5)2)4-3-6(11)9(8)10/h3-4H,11H2,1-2H3. The third kappa shape index (κ3) is 1.13. The maximum atomic E-state index is 5.78. The predicted molar refractivity (Wildman–Crippen MR) is 57.6 cm³/mol. The maximum absolute atomic E-state index is 5.78. The summed E-state index contributed by atoms with van der Waals surface area (Å²) < 4.78 is 2.80. The van der Waals surface area contributed by atoms with Crippen molar-refractivity contribution in [3.63, 3.8) is 0 Å². The molecule has 0 radical (unpaired) electrons. The summed E-state index contributed by atoms with van der Waals surface area (Å²) in [5.41, 5.74) is 8.63. The molecule has 1 aromatic carbocycles. The highest BCUT2D eigenvalue weighted by Crippen LogP contribution is 2.30. The Morgan fingerprint density at radius 1 is 1.46 bits per heavy atom. The van der Waals surface area contributed by atoms with Crippen LogP contribution in [-0.2, 0) is 7.05 Å². The first-order valence-corrected chi connectivity index (χ1v) is 4.78. The van der Waals surface area contributed by atoms with Gasteiger partial charge in [0.25, 0.3) is 0 Å². The van der Waals surface area contributed by atoms with Crippen molar-refractivity contribution in [3.8, 4) is 0 Å². The van der Waals surface area contributed by atoms with Gasteiger partial charge in [-0.3, -0.25) is 4.68 Å². The lowest BCUT2D eigenvalue weighted by Gasteiger charge is -1.99. The van der Waals surface area contributed by atoms with E-state index in [9.17, 15) is 0 Å². The lowest BCUT2D eigenvalue weighted by atomic mass is 10.2. The van der Waals surface area contributed by atoms with E-state index in [0.717, 1.165) is 26.8 Å². The molecule has 2 N–H and O–H groups in total. The van der Waals surface area contributed by atoms with Gasteiger partial charge in [-0.2, -0.15) is 5.10 Å². The van der Waals surface area contributed by atoms with E-state index in [1.54, 1.807) is 0 Å². The number of benzene rings is 1. The van der Waals surface area contributed by atoms with Gasteiger partial charge in [-0.1, -0.05) is 0 Å². The molecule has 68 valence electrons. The molecule has 4 heteroatoms. The molecular weight excluding hydrogens is 230 g/mol. The van der Waals surface area contributed by atoms with Crippen LogP contribution in [0.15, 0.2) is 16.6 Å². The molecule has 1 aromatic heterocycles. The van der Waals surface area contributed by atoms with E-state index in [2.05, 4.69) is 21.0 Å². The Hall–Kier alpha value is -1.03. The molecule has 3 nitrogen and oxygen atoms in total. The highest BCUT2D eigenvalue weighted by atomic mass is 79.9. The summed E-state index contributed by atoms with van der Waals surface area (Å²) in [6.07, 6.45) is 0. The van der Waals surface area contributed by atoms with Crippen LogP contribution in [0.3, 0.4) is 0 Å². The van der Waals surface area contributed by atoms with Crippen molar-refractivity contribution < 1.29 is 0 Å². The molecule has 0 aliphatic carbocycles. The molecule has 1 heterocycles. The summed E-state index contributed by atoms with van der Waals surface area (Å²) >= 11 is 3.47. The second kappa shape index (κ2) is 2.73. The Morgan fingerprint density at radius 2 is 2.15 bits per heavy atom. The minimum atomic E-state index is 0.753. The molecule has 0 amide bonds. The summed E-state index contributed by atoms with van der Waals surface area (Å²) in [5, 5.41) is 5.45. The van der Waals surface area contributed by atoms with Crippen LogP contribution in [0.1, 0.15) is 5.69 Å². The van der Waals surface area contributed by atoms with E-state index in [1.165, 1.54) is 0 Å². The van der Waals surface area contributed by atoms with Crippen molar-refractivity contribution in [2.24, 2.45) is 7.05 Å². The molecule has 0 spiro atoms. The van der Waals surface area contributed by atoms with E-state index >= 15 is 0 Å². The largest absolute Gasteiger partial charge is 0.398 e. The van der Waals surface area contributed by atoms with Crippen LogP contribution < -0.4 is 5.73 Å². The smallest absolute Gasteiger partial charge is 0.0938 e. The molecule has 0 aliphatic rings. The van der Waals surface area contributed by atoms with Gasteiger partial charge >= 0.3 is 0 Å². The molecule has 0 unspecified atom stereocenters. The Labute approximate surface area is 84.7 Å². The maximum Gasteiger partial charge on any atom is 0.0938 e. The minimum absolute atomic E-state index is 0.753. The Bertz CT molecular complexity index is 473. The topological polar surface area (TPSA) is 43.8 Å². The van der Waals surface area contributed by atoms with Crippen LogP contribution in [0.4, 0.5) is 5.69 Å². The zero-order chi connectivity index (χ0) is 9.59. The molecular formula is C9H10BrN3. The molecule has 2 aromatic rings. The SMILES string of the molecule is Cc1c2c(Br)c(N)ccc2nn1C. The number of nitrogen functional groups attached to an aromatic ring is 1. The Morgan fingerprint density at radius 3 is 2.85 bits per heavy atom. The van der Waals surface area contributed by atoms with E-state index in [-0.39, 0.29) is 0 Å². The van der Waals surface area contributed by atoms with Gasteiger partial charge in [0.2, 0.25) is 0 Å². The zero-order valence-electron chi connectivity index (χ0n) is 7.50. The van der Waals surface area contributed by atoms with Crippen LogP contribution in [0.2, 0.25) is 0 Å². The van der Waals surface area contributed by atoms with Gasteiger partial charge in [-0.05, 0) is 35.0 Å². The number of nitrogens with two attached hydrogens (primary N) is 1. The van der Waals surface area contributed by atoms with Crippen molar-refractivity contribution >= 4 is 32.5 Å². The fourth-order valence-electron chi connectivity index (χ4n) is 1.41. The summed E-state index contributed by atoms with van der Waals surface area (Å²) in [5.74, 6) is 0. The Balaban J connectivity index is 2.97. The van der Waals surface area contributed by atoms with E-state index in [0.29, 0.717) is 0 Å². The van der Waals surface area contributed by atoms with Crippen LogP contribution in [-0.4, -0.2) is 9.78 Å². The molecule has 0 atom stereocenters. The first kappa shape index (κ1) is 8.56. The quantitative estimate of drug-likeness (QED) is 0.717. The third-order valence-electron chi connectivity index (χ3n) is 2.25. The van der Waals surface area contributed by atoms with Crippen LogP contribution in [0.25, 0.3) is 10.9 Å². The van der Waals surface area contributed by atoms with Crippen molar-refractivity contribution in [3.05, 3.63) is 22.3 Å². The number of hydrogen-bond acceptors (Lipinski definition) is 2. The van der Waals surface area contributed by atoms with Crippen molar-refractivity contribution in [1.29, 1.82) is 0 Å². The van der Waals surface area contributed by atoms with E-state index < -0.39 is 0 Å². The Kier molecular flexibility index (Phi) is 1.80. The average Bonchev–Trinajstić information content (AvgIpc) is 2.37.